The summed E-state index contributed by atoms with van der Waals surface area (Å²) in [6, 6.07) is 7.22. The van der Waals surface area contributed by atoms with Crippen LogP contribution in [-0.2, 0) is 4.79 Å². The maximum Gasteiger partial charge on any atom is 0.233 e. The number of benzene rings is 1. The second kappa shape index (κ2) is 7.04. The molecule has 4 heteroatoms. The van der Waals surface area contributed by atoms with E-state index < -0.39 is 0 Å². The molecule has 0 saturated heterocycles. The van der Waals surface area contributed by atoms with Crippen molar-refractivity contribution in [3.8, 4) is 0 Å². The van der Waals surface area contributed by atoms with Crippen LogP contribution in [0.4, 0.5) is 0 Å². The maximum absolute atomic E-state index is 12.4. The maximum atomic E-state index is 12.4. The lowest BCUT2D eigenvalue weighted by Gasteiger charge is -2.25. The van der Waals surface area contributed by atoms with Gasteiger partial charge in [0.2, 0.25) is 5.91 Å². The van der Waals surface area contributed by atoms with E-state index in [-0.39, 0.29) is 24.3 Å². The number of carbonyl (C=O) groups excluding carboxylic acids is 2. The van der Waals surface area contributed by atoms with E-state index >= 15 is 0 Å². The summed E-state index contributed by atoms with van der Waals surface area (Å²) in [4.78, 5) is 25.6. The zero-order chi connectivity index (χ0) is 14.4. The van der Waals surface area contributed by atoms with Crippen molar-refractivity contribution < 1.29 is 9.59 Å². The average molecular weight is 262 g/mol. The Hall–Kier alpha value is -1.68. The first kappa shape index (κ1) is 15.4. The molecule has 1 N–H and O–H groups in total. The Bertz CT molecular complexity index is 440. The number of carbonyl (C=O) groups is 2. The van der Waals surface area contributed by atoms with Gasteiger partial charge >= 0.3 is 0 Å². The molecule has 0 aliphatic rings. The number of likely N-dealkylation sites (N-methyl/N-ethyl adjacent to an activating group) is 2. The van der Waals surface area contributed by atoms with Gasteiger partial charge in [-0.25, -0.2) is 0 Å². The topological polar surface area (TPSA) is 49.4 Å². The Morgan fingerprint density at radius 1 is 1.26 bits per heavy atom. The molecule has 19 heavy (non-hydrogen) atoms. The number of nitrogens with zero attached hydrogens (tertiary/aromatic N) is 1. The monoisotopic (exact) mass is 262 g/mol. The SMILES string of the molecule is CCN(CC(=O)NC)C(C)C(=O)c1ccc(C)cc1. The third-order valence-electron chi connectivity index (χ3n) is 3.29. The van der Waals surface area contributed by atoms with E-state index in [1.165, 1.54) is 0 Å². The molecule has 0 saturated carbocycles. The fraction of sp³-hybridized carbons (Fsp3) is 0.467. The van der Waals surface area contributed by atoms with Gasteiger partial charge in [0, 0.05) is 12.6 Å². The van der Waals surface area contributed by atoms with Crippen LogP contribution in [0, 0.1) is 6.92 Å². The number of hydrogen-bond donors (Lipinski definition) is 1. The Morgan fingerprint density at radius 3 is 2.32 bits per heavy atom. The van der Waals surface area contributed by atoms with Crippen LogP contribution in [0.1, 0.15) is 29.8 Å². The quantitative estimate of drug-likeness (QED) is 0.793. The molecule has 0 aromatic heterocycles. The fourth-order valence-electron chi connectivity index (χ4n) is 1.91. The number of amides is 1. The molecule has 1 rings (SSSR count). The van der Waals surface area contributed by atoms with E-state index in [1.54, 1.807) is 7.05 Å². The van der Waals surface area contributed by atoms with Crippen molar-refractivity contribution in [3.05, 3.63) is 35.4 Å². The van der Waals surface area contributed by atoms with Gasteiger partial charge in [-0.2, -0.15) is 0 Å². The highest BCUT2D eigenvalue weighted by Crippen LogP contribution is 2.10. The van der Waals surface area contributed by atoms with Crippen LogP contribution in [0.3, 0.4) is 0 Å². The van der Waals surface area contributed by atoms with E-state index in [9.17, 15) is 9.59 Å². The number of rotatable bonds is 6. The highest BCUT2D eigenvalue weighted by molar-refractivity contribution is 6.00. The molecule has 0 spiro atoms. The van der Waals surface area contributed by atoms with Crippen LogP contribution in [0.2, 0.25) is 0 Å². The van der Waals surface area contributed by atoms with E-state index in [0.717, 1.165) is 5.56 Å². The van der Waals surface area contributed by atoms with Gasteiger partial charge in [0.25, 0.3) is 0 Å². The number of Topliss-reactive ketones (excluding diaryl/α,β-unsaturated/α-hetero) is 1. The number of aryl methyl sites for hydroxylation is 1. The first-order chi connectivity index (χ1) is 8.99. The fourth-order valence-corrected chi connectivity index (χ4v) is 1.91. The minimum atomic E-state index is -0.301. The minimum absolute atomic E-state index is 0.0470. The largest absolute Gasteiger partial charge is 0.358 e. The van der Waals surface area contributed by atoms with E-state index in [4.69, 9.17) is 0 Å². The summed E-state index contributed by atoms with van der Waals surface area (Å²) >= 11 is 0. The molecule has 0 aliphatic carbocycles. The molecule has 0 heterocycles. The molecule has 1 aromatic rings. The summed E-state index contributed by atoms with van der Waals surface area (Å²) in [5.41, 5.74) is 1.82. The van der Waals surface area contributed by atoms with Crippen LogP contribution in [0.5, 0.6) is 0 Å². The molecule has 1 atom stereocenters. The van der Waals surface area contributed by atoms with E-state index in [0.29, 0.717) is 12.1 Å². The zero-order valence-electron chi connectivity index (χ0n) is 12.1. The van der Waals surface area contributed by atoms with Gasteiger partial charge in [-0.1, -0.05) is 36.8 Å². The van der Waals surface area contributed by atoms with Gasteiger partial charge in [0.1, 0.15) is 0 Å². The summed E-state index contributed by atoms with van der Waals surface area (Å²) in [7, 11) is 1.60. The van der Waals surface area contributed by atoms with Crippen molar-refractivity contribution in [1.82, 2.24) is 10.2 Å². The molecule has 1 amide bonds. The molecule has 0 radical (unpaired) electrons. The zero-order valence-corrected chi connectivity index (χ0v) is 12.1. The van der Waals surface area contributed by atoms with Crippen molar-refractivity contribution in [2.75, 3.05) is 20.1 Å². The third-order valence-corrected chi connectivity index (χ3v) is 3.29. The Labute approximate surface area is 114 Å². The van der Waals surface area contributed by atoms with E-state index in [1.807, 2.05) is 49.9 Å². The van der Waals surface area contributed by atoms with Crippen LogP contribution in [-0.4, -0.2) is 42.8 Å². The van der Waals surface area contributed by atoms with Crippen LogP contribution in [0.25, 0.3) is 0 Å². The van der Waals surface area contributed by atoms with Crippen molar-refractivity contribution in [2.45, 2.75) is 26.8 Å². The highest BCUT2D eigenvalue weighted by atomic mass is 16.2. The summed E-state index contributed by atoms with van der Waals surface area (Å²) in [6.07, 6.45) is 0. The van der Waals surface area contributed by atoms with Crippen molar-refractivity contribution in [2.24, 2.45) is 0 Å². The lowest BCUT2D eigenvalue weighted by Crippen LogP contribution is -2.44. The molecule has 0 aliphatic heterocycles. The molecule has 0 fully saturated rings. The molecular formula is C15H22N2O2. The van der Waals surface area contributed by atoms with Gasteiger partial charge in [-0.3, -0.25) is 14.5 Å². The molecule has 1 unspecified atom stereocenters. The highest BCUT2D eigenvalue weighted by Gasteiger charge is 2.22. The van der Waals surface area contributed by atoms with Gasteiger partial charge in [0.15, 0.2) is 5.78 Å². The Balaban J connectivity index is 2.79. The molecule has 4 nitrogen and oxygen atoms in total. The van der Waals surface area contributed by atoms with Crippen molar-refractivity contribution in [3.63, 3.8) is 0 Å². The first-order valence-electron chi connectivity index (χ1n) is 6.55. The lowest BCUT2D eigenvalue weighted by atomic mass is 10.0. The van der Waals surface area contributed by atoms with Crippen molar-refractivity contribution >= 4 is 11.7 Å². The van der Waals surface area contributed by atoms with Gasteiger partial charge in [-0.15, -0.1) is 0 Å². The van der Waals surface area contributed by atoms with Crippen LogP contribution >= 0.6 is 0 Å². The summed E-state index contributed by atoms with van der Waals surface area (Å²) in [5, 5.41) is 2.58. The standard InChI is InChI=1S/C15H22N2O2/c1-5-17(10-14(18)16-4)12(3)15(19)13-8-6-11(2)7-9-13/h6-9,12H,5,10H2,1-4H3,(H,16,18). The van der Waals surface area contributed by atoms with Gasteiger partial charge < -0.3 is 5.32 Å². The first-order valence-corrected chi connectivity index (χ1v) is 6.55. The Morgan fingerprint density at radius 2 is 1.84 bits per heavy atom. The van der Waals surface area contributed by atoms with Crippen LogP contribution in [0.15, 0.2) is 24.3 Å². The third kappa shape index (κ3) is 4.17. The predicted molar refractivity (Wildman–Crippen MR) is 76.3 cm³/mol. The summed E-state index contributed by atoms with van der Waals surface area (Å²) < 4.78 is 0. The molecular weight excluding hydrogens is 240 g/mol. The molecule has 104 valence electrons. The second-order valence-corrected chi connectivity index (χ2v) is 4.64. The van der Waals surface area contributed by atoms with Crippen LogP contribution < -0.4 is 5.32 Å². The van der Waals surface area contributed by atoms with Gasteiger partial charge in [0.05, 0.1) is 12.6 Å². The number of nitrogens with one attached hydrogen (secondary N) is 1. The Kier molecular flexibility index (Phi) is 5.70. The van der Waals surface area contributed by atoms with Crippen molar-refractivity contribution in [1.29, 1.82) is 0 Å². The normalized spacial score (nSPS) is 12.3. The molecule has 1 aromatic carbocycles. The summed E-state index contributed by atoms with van der Waals surface area (Å²) in [6.45, 7) is 6.68. The van der Waals surface area contributed by atoms with Gasteiger partial charge in [-0.05, 0) is 20.4 Å². The molecule has 0 bridgehead atoms. The number of hydrogen-bond acceptors (Lipinski definition) is 3. The predicted octanol–water partition coefficient (Wildman–Crippen LogP) is 1.63. The summed E-state index contributed by atoms with van der Waals surface area (Å²) in [5.74, 6) is -0.0313. The van der Waals surface area contributed by atoms with E-state index in [2.05, 4.69) is 5.32 Å². The average Bonchev–Trinajstić information content (AvgIpc) is 2.43. The smallest absolute Gasteiger partial charge is 0.233 e. The second-order valence-electron chi connectivity index (χ2n) is 4.64. The number of ketones is 1. The minimum Gasteiger partial charge on any atom is -0.358 e. The lowest BCUT2D eigenvalue weighted by molar-refractivity contribution is -0.121.